The lowest BCUT2D eigenvalue weighted by atomic mass is 10.1. The highest BCUT2D eigenvalue weighted by atomic mass is 32.2. The minimum absolute atomic E-state index is 0.0297. The Bertz CT molecular complexity index is 1470. The van der Waals surface area contributed by atoms with Gasteiger partial charge in [0.15, 0.2) is 11.1 Å². The minimum Gasteiger partial charge on any atom is -0.353 e. The summed E-state index contributed by atoms with van der Waals surface area (Å²) in [5.74, 6) is 1.13. The van der Waals surface area contributed by atoms with Crippen LogP contribution in [0.3, 0.4) is 0 Å². The predicted molar refractivity (Wildman–Crippen MR) is 161 cm³/mol. The summed E-state index contributed by atoms with van der Waals surface area (Å²) in [7, 11) is 0. The molecule has 41 heavy (non-hydrogen) atoms. The number of hydrogen-bond donors (Lipinski definition) is 1. The first-order chi connectivity index (χ1) is 19.7. The number of thioether (sulfide) groups is 1. The number of nitrogens with zero attached hydrogens (tertiary/aromatic N) is 4. The largest absolute Gasteiger partial charge is 0.416 e. The van der Waals surface area contributed by atoms with Crippen molar-refractivity contribution in [2.75, 3.05) is 25.4 Å². The molecule has 2 aromatic rings. The van der Waals surface area contributed by atoms with Crippen molar-refractivity contribution in [3.8, 4) is 5.69 Å². The zero-order chi connectivity index (χ0) is 29.4. The summed E-state index contributed by atoms with van der Waals surface area (Å²) in [4.78, 5) is 25.3. The first kappa shape index (κ1) is 30.2. The van der Waals surface area contributed by atoms with Gasteiger partial charge in [-0.25, -0.2) is 9.98 Å². The van der Waals surface area contributed by atoms with Crippen LogP contribution in [0.1, 0.15) is 31.5 Å². The van der Waals surface area contributed by atoms with Gasteiger partial charge in [0.25, 0.3) is 5.56 Å². The zero-order valence-electron chi connectivity index (χ0n) is 23.2. The van der Waals surface area contributed by atoms with E-state index in [0.29, 0.717) is 35.4 Å². The van der Waals surface area contributed by atoms with Crippen LogP contribution in [-0.4, -0.2) is 52.0 Å². The van der Waals surface area contributed by atoms with Gasteiger partial charge in [0.2, 0.25) is 0 Å². The van der Waals surface area contributed by atoms with E-state index in [1.54, 1.807) is 4.57 Å². The van der Waals surface area contributed by atoms with Crippen LogP contribution >= 0.6 is 11.8 Å². The van der Waals surface area contributed by atoms with Crippen molar-refractivity contribution in [2.24, 2.45) is 4.99 Å². The van der Waals surface area contributed by atoms with Gasteiger partial charge < -0.3 is 10.2 Å². The van der Waals surface area contributed by atoms with Crippen LogP contribution in [0, 0.1) is 0 Å². The number of halogens is 3. The number of aliphatic imine (C=N–C) groups is 1. The van der Waals surface area contributed by atoms with Gasteiger partial charge in [-0.15, -0.1) is 0 Å². The van der Waals surface area contributed by atoms with E-state index < -0.39 is 11.7 Å². The SMILES string of the molecule is C=C/C(=C\C=C(/C)CSc1nc2c(c(=O)n1-c1ccccc1)CN(C1=NC/C=C\C(C(F)(F)F)=C/CN1)CC2)CC. The summed E-state index contributed by atoms with van der Waals surface area (Å²) >= 11 is 1.52. The highest BCUT2D eigenvalue weighted by Gasteiger charge is 2.32. The molecule has 0 bridgehead atoms. The Morgan fingerprint density at radius 1 is 1.22 bits per heavy atom. The number of aromatic nitrogens is 2. The second-order valence-corrected chi connectivity index (χ2v) is 10.6. The molecule has 0 spiro atoms. The standard InChI is InChI=1S/C31H34F3N5OS/c1-4-23(5-2)14-13-22(3)21-41-30-37-27-16-19-38(20-26(27)28(40)39(30)25-11-7-6-8-12-25)29-35-17-9-10-24(15-18-36-29)31(32,33)34/h4,6-15H,1,5,16-21H2,2-3H3,(H,35,36)/b10-9-,22-13+,23-14+,24-15+. The van der Waals surface area contributed by atoms with Gasteiger partial charge >= 0.3 is 6.18 Å². The molecule has 0 saturated heterocycles. The maximum Gasteiger partial charge on any atom is 0.416 e. The van der Waals surface area contributed by atoms with Crippen molar-refractivity contribution >= 4 is 17.7 Å². The Hall–Kier alpha value is -3.79. The van der Waals surface area contributed by atoms with Gasteiger partial charge in [-0.05, 0) is 31.1 Å². The monoisotopic (exact) mass is 581 g/mol. The molecule has 1 aromatic heterocycles. The number of alkyl halides is 3. The molecule has 0 aliphatic carbocycles. The highest BCUT2D eigenvalue weighted by Crippen LogP contribution is 2.27. The number of hydrogen-bond acceptors (Lipinski definition) is 6. The number of fused-ring (bicyclic) bond motifs is 1. The molecule has 6 nitrogen and oxygen atoms in total. The lowest BCUT2D eigenvalue weighted by Gasteiger charge is -2.31. The van der Waals surface area contributed by atoms with E-state index in [0.717, 1.165) is 41.1 Å². The van der Waals surface area contributed by atoms with E-state index in [-0.39, 0.29) is 25.2 Å². The molecule has 0 amide bonds. The predicted octanol–water partition coefficient (Wildman–Crippen LogP) is 6.16. The molecular weight excluding hydrogens is 547 g/mol. The summed E-state index contributed by atoms with van der Waals surface area (Å²) in [5, 5.41) is 3.63. The van der Waals surface area contributed by atoms with Gasteiger partial charge in [0.1, 0.15) is 0 Å². The molecule has 0 unspecified atom stereocenters. The molecule has 1 N–H and O–H groups in total. The second-order valence-electron chi connectivity index (χ2n) is 9.67. The quantitative estimate of drug-likeness (QED) is 0.241. The topological polar surface area (TPSA) is 62.5 Å². The fraction of sp³-hybridized carbons (Fsp3) is 0.323. The first-order valence-corrected chi connectivity index (χ1v) is 14.5. The summed E-state index contributed by atoms with van der Waals surface area (Å²) in [6.45, 7) is 8.84. The summed E-state index contributed by atoms with van der Waals surface area (Å²) in [6.07, 6.45) is 6.53. The van der Waals surface area contributed by atoms with E-state index >= 15 is 0 Å². The van der Waals surface area contributed by atoms with Gasteiger partial charge in [-0.3, -0.25) is 9.36 Å². The lowest BCUT2D eigenvalue weighted by molar-refractivity contribution is -0.0883. The Labute approximate surface area is 242 Å². The van der Waals surface area contributed by atoms with Gasteiger partial charge in [0.05, 0.1) is 35.6 Å². The average Bonchev–Trinajstić information content (AvgIpc) is 3.09. The second kappa shape index (κ2) is 13.7. The van der Waals surface area contributed by atoms with E-state index in [2.05, 4.69) is 36.0 Å². The van der Waals surface area contributed by atoms with E-state index in [1.807, 2.05) is 48.2 Å². The van der Waals surface area contributed by atoms with Crippen LogP contribution in [0.25, 0.3) is 5.69 Å². The van der Waals surface area contributed by atoms with Crippen molar-refractivity contribution < 1.29 is 13.2 Å². The lowest BCUT2D eigenvalue weighted by Crippen LogP contribution is -2.46. The molecule has 216 valence electrons. The number of benzene rings is 1. The molecule has 0 atom stereocenters. The number of guanidine groups is 1. The van der Waals surface area contributed by atoms with E-state index in [9.17, 15) is 18.0 Å². The molecule has 10 heteroatoms. The Morgan fingerprint density at radius 3 is 2.71 bits per heavy atom. The van der Waals surface area contributed by atoms with Crippen molar-refractivity contribution in [1.82, 2.24) is 19.8 Å². The Kier molecular flexibility index (Phi) is 10.1. The average molecular weight is 582 g/mol. The van der Waals surface area contributed by atoms with Crippen molar-refractivity contribution in [2.45, 2.75) is 44.6 Å². The summed E-state index contributed by atoms with van der Waals surface area (Å²) in [5.41, 5.74) is 3.45. The van der Waals surface area contributed by atoms with Gasteiger partial charge in [0, 0.05) is 25.3 Å². The minimum atomic E-state index is -4.42. The van der Waals surface area contributed by atoms with Crippen LogP contribution in [-0.2, 0) is 13.0 Å². The first-order valence-electron chi connectivity index (χ1n) is 13.5. The fourth-order valence-corrected chi connectivity index (χ4v) is 5.41. The van der Waals surface area contributed by atoms with Crippen molar-refractivity contribution in [3.63, 3.8) is 0 Å². The van der Waals surface area contributed by atoms with E-state index in [4.69, 9.17) is 4.98 Å². The smallest absolute Gasteiger partial charge is 0.353 e. The molecule has 0 radical (unpaired) electrons. The Balaban J connectivity index is 1.62. The normalized spacial score (nSPS) is 18.6. The van der Waals surface area contributed by atoms with Crippen LogP contribution in [0.4, 0.5) is 13.2 Å². The van der Waals surface area contributed by atoms with E-state index in [1.165, 1.54) is 17.8 Å². The third-order valence-electron chi connectivity index (χ3n) is 6.75. The highest BCUT2D eigenvalue weighted by molar-refractivity contribution is 7.99. The third-order valence-corrected chi connectivity index (χ3v) is 7.88. The zero-order valence-corrected chi connectivity index (χ0v) is 24.1. The number of nitrogens with one attached hydrogen (secondary N) is 1. The molecule has 1 aromatic carbocycles. The molecule has 3 heterocycles. The Morgan fingerprint density at radius 2 is 2.00 bits per heavy atom. The summed E-state index contributed by atoms with van der Waals surface area (Å²) < 4.78 is 41.3. The maximum atomic E-state index is 14.0. The molecule has 2 aliphatic rings. The third kappa shape index (κ3) is 7.70. The van der Waals surface area contributed by atoms with Crippen LogP contribution < -0.4 is 10.9 Å². The van der Waals surface area contributed by atoms with Crippen LogP contribution in [0.5, 0.6) is 0 Å². The van der Waals surface area contributed by atoms with Crippen molar-refractivity contribution in [1.29, 1.82) is 0 Å². The number of rotatable bonds is 7. The number of para-hydroxylation sites is 1. The van der Waals surface area contributed by atoms with Crippen LogP contribution in [0.15, 0.2) is 105 Å². The van der Waals surface area contributed by atoms with Gasteiger partial charge in [-0.2, -0.15) is 13.2 Å². The van der Waals surface area contributed by atoms with Crippen molar-refractivity contribution in [3.05, 3.63) is 112 Å². The molecule has 0 fully saturated rings. The molecular formula is C31H34F3N5OS. The summed E-state index contributed by atoms with van der Waals surface area (Å²) in [6, 6.07) is 9.42. The van der Waals surface area contributed by atoms with Gasteiger partial charge in [-0.1, -0.05) is 85.5 Å². The molecule has 4 rings (SSSR count). The maximum absolute atomic E-state index is 14.0. The molecule has 0 saturated carbocycles. The fourth-order valence-electron chi connectivity index (χ4n) is 4.46. The van der Waals surface area contributed by atoms with Crippen LogP contribution in [0.2, 0.25) is 0 Å². The molecule has 2 aliphatic heterocycles. The number of allylic oxidation sites excluding steroid dienone is 6.